The Hall–Kier alpha value is -1.55. The summed E-state index contributed by atoms with van der Waals surface area (Å²) in [5, 5.41) is 8.81. The number of hydrogen-bond donors (Lipinski definition) is 1. The van der Waals surface area contributed by atoms with Crippen molar-refractivity contribution in [3.63, 3.8) is 0 Å². The summed E-state index contributed by atoms with van der Waals surface area (Å²) in [5.41, 5.74) is 1.04. The van der Waals surface area contributed by atoms with Gasteiger partial charge in [0.05, 0.1) is 6.61 Å². The molecule has 0 aliphatic heterocycles. The number of ether oxygens (including phenoxy) is 2. The van der Waals surface area contributed by atoms with Crippen LogP contribution in [0.4, 0.5) is 0 Å². The number of aliphatic hydroxyl groups is 1. The van der Waals surface area contributed by atoms with E-state index in [1.807, 2.05) is 19.1 Å². The van der Waals surface area contributed by atoms with Crippen molar-refractivity contribution in [2.24, 2.45) is 0 Å². The van der Waals surface area contributed by atoms with Crippen LogP contribution in [0.1, 0.15) is 25.8 Å². The molecule has 0 heterocycles. The highest BCUT2D eigenvalue weighted by Crippen LogP contribution is 2.16. The van der Waals surface area contributed by atoms with E-state index in [0.29, 0.717) is 25.2 Å². The number of carbonyl (C=O) groups is 1. The van der Waals surface area contributed by atoms with Crippen LogP contribution in [0, 0.1) is 0 Å². The Kier molecular flexibility index (Phi) is 6.22. The van der Waals surface area contributed by atoms with E-state index in [2.05, 4.69) is 0 Å². The number of aliphatic hydroxyl groups excluding tert-OH is 1. The lowest BCUT2D eigenvalue weighted by Gasteiger charge is -2.16. The summed E-state index contributed by atoms with van der Waals surface area (Å²) in [6.45, 7) is 4.13. The van der Waals surface area contributed by atoms with Gasteiger partial charge in [0.15, 0.2) is 6.10 Å². The van der Waals surface area contributed by atoms with Crippen LogP contribution >= 0.6 is 0 Å². The molecule has 0 saturated carbocycles. The molecule has 0 aromatic heterocycles. The Morgan fingerprint density at radius 3 is 2.44 bits per heavy atom. The van der Waals surface area contributed by atoms with Gasteiger partial charge in [0.2, 0.25) is 0 Å². The smallest absolute Gasteiger partial charge is 0.347 e. The molecule has 1 aromatic carbocycles. The van der Waals surface area contributed by atoms with Crippen LogP contribution in [0.2, 0.25) is 0 Å². The van der Waals surface area contributed by atoms with E-state index in [1.54, 1.807) is 19.1 Å². The molecule has 1 atom stereocenters. The minimum Gasteiger partial charge on any atom is -0.479 e. The Bertz CT molecular complexity index is 359. The Balaban J connectivity index is 2.61. The van der Waals surface area contributed by atoms with Crippen molar-refractivity contribution in [3.8, 4) is 5.75 Å². The molecule has 100 valence electrons. The highest BCUT2D eigenvalue weighted by atomic mass is 16.6. The monoisotopic (exact) mass is 252 g/mol. The normalized spacial score (nSPS) is 11.9. The summed E-state index contributed by atoms with van der Waals surface area (Å²) < 4.78 is 10.5. The van der Waals surface area contributed by atoms with Gasteiger partial charge in [-0.25, -0.2) is 4.79 Å². The molecule has 0 bridgehead atoms. The van der Waals surface area contributed by atoms with Gasteiger partial charge in [0.25, 0.3) is 0 Å². The maximum absolute atomic E-state index is 11.6. The van der Waals surface area contributed by atoms with Crippen LogP contribution in [0.5, 0.6) is 5.75 Å². The average Bonchev–Trinajstić information content (AvgIpc) is 2.38. The van der Waals surface area contributed by atoms with Crippen LogP contribution in [0.3, 0.4) is 0 Å². The van der Waals surface area contributed by atoms with Crippen LogP contribution in [-0.4, -0.2) is 30.4 Å². The summed E-state index contributed by atoms with van der Waals surface area (Å²) >= 11 is 0. The predicted molar refractivity (Wildman–Crippen MR) is 68.6 cm³/mol. The third kappa shape index (κ3) is 4.37. The average molecular weight is 252 g/mol. The van der Waals surface area contributed by atoms with E-state index >= 15 is 0 Å². The Morgan fingerprint density at radius 1 is 1.28 bits per heavy atom. The molecule has 4 nitrogen and oxygen atoms in total. The van der Waals surface area contributed by atoms with Crippen LogP contribution < -0.4 is 4.74 Å². The largest absolute Gasteiger partial charge is 0.479 e. The predicted octanol–water partition coefficient (Wildman–Crippen LogP) is 1.94. The van der Waals surface area contributed by atoms with Gasteiger partial charge in [-0.05, 0) is 37.5 Å². The molecular formula is C14H20O4. The summed E-state index contributed by atoms with van der Waals surface area (Å²) in [6, 6.07) is 7.35. The lowest BCUT2D eigenvalue weighted by molar-refractivity contribution is -0.151. The Labute approximate surface area is 108 Å². The van der Waals surface area contributed by atoms with Gasteiger partial charge in [-0.15, -0.1) is 0 Å². The van der Waals surface area contributed by atoms with Crippen molar-refractivity contribution in [1.82, 2.24) is 0 Å². The van der Waals surface area contributed by atoms with Crippen molar-refractivity contribution >= 4 is 5.97 Å². The molecule has 0 aliphatic carbocycles. The molecule has 0 amide bonds. The minimum absolute atomic E-state index is 0.126. The molecule has 0 aliphatic rings. The van der Waals surface area contributed by atoms with E-state index in [-0.39, 0.29) is 12.6 Å². The molecular weight excluding hydrogens is 232 g/mol. The molecule has 1 rings (SSSR count). The number of hydrogen-bond acceptors (Lipinski definition) is 4. The molecule has 18 heavy (non-hydrogen) atoms. The molecule has 4 heteroatoms. The van der Waals surface area contributed by atoms with E-state index < -0.39 is 6.10 Å². The van der Waals surface area contributed by atoms with Crippen LogP contribution in [0.25, 0.3) is 0 Å². The zero-order valence-corrected chi connectivity index (χ0v) is 10.9. The third-order valence-electron chi connectivity index (χ3n) is 2.52. The summed E-state index contributed by atoms with van der Waals surface area (Å²) in [7, 11) is 0. The van der Waals surface area contributed by atoms with Crippen LogP contribution in [-0.2, 0) is 16.0 Å². The van der Waals surface area contributed by atoms with Gasteiger partial charge in [-0.1, -0.05) is 19.1 Å². The first-order valence-electron chi connectivity index (χ1n) is 6.24. The molecule has 0 fully saturated rings. The molecule has 1 N–H and O–H groups in total. The van der Waals surface area contributed by atoms with E-state index in [1.165, 1.54) is 0 Å². The molecule has 0 spiro atoms. The van der Waals surface area contributed by atoms with Gasteiger partial charge < -0.3 is 14.6 Å². The van der Waals surface area contributed by atoms with E-state index in [0.717, 1.165) is 5.56 Å². The second kappa shape index (κ2) is 7.71. The van der Waals surface area contributed by atoms with Gasteiger partial charge in [-0.3, -0.25) is 0 Å². The maximum atomic E-state index is 11.6. The topological polar surface area (TPSA) is 55.8 Å². The first kappa shape index (κ1) is 14.5. The Morgan fingerprint density at radius 2 is 1.94 bits per heavy atom. The summed E-state index contributed by atoms with van der Waals surface area (Å²) in [5.74, 6) is 0.302. The summed E-state index contributed by atoms with van der Waals surface area (Å²) in [4.78, 5) is 11.6. The quantitative estimate of drug-likeness (QED) is 0.753. The van der Waals surface area contributed by atoms with Crippen molar-refractivity contribution in [3.05, 3.63) is 29.8 Å². The zero-order chi connectivity index (χ0) is 13.4. The highest BCUT2D eigenvalue weighted by molar-refractivity contribution is 5.75. The number of benzene rings is 1. The van der Waals surface area contributed by atoms with Crippen LogP contribution in [0.15, 0.2) is 24.3 Å². The van der Waals surface area contributed by atoms with Crippen molar-refractivity contribution in [2.75, 3.05) is 13.2 Å². The lowest BCUT2D eigenvalue weighted by atomic mass is 10.1. The fourth-order valence-electron chi connectivity index (χ4n) is 1.56. The van der Waals surface area contributed by atoms with Gasteiger partial charge >= 0.3 is 5.97 Å². The van der Waals surface area contributed by atoms with E-state index in [9.17, 15) is 4.79 Å². The van der Waals surface area contributed by atoms with Crippen molar-refractivity contribution in [2.45, 2.75) is 32.8 Å². The molecule has 1 unspecified atom stereocenters. The number of esters is 1. The zero-order valence-electron chi connectivity index (χ0n) is 10.9. The first-order chi connectivity index (χ1) is 8.71. The second-order valence-corrected chi connectivity index (χ2v) is 3.88. The van der Waals surface area contributed by atoms with Gasteiger partial charge in [-0.2, -0.15) is 0 Å². The highest BCUT2D eigenvalue weighted by Gasteiger charge is 2.19. The first-order valence-corrected chi connectivity index (χ1v) is 6.24. The van der Waals surface area contributed by atoms with Crippen molar-refractivity contribution < 1.29 is 19.4 Å². The number of carbonyl (C=O) groups excluding carboxylic acids is 1. The maximum Gasteiger partial charge on any atom is 0.347 e. The van der Waals surface area contributed by atoms with Crippen molar-refractivity contribution in [1.29, 1.82) is 0 Å². The summed E-state index contributed by atoms with van der Waals surface area (Å²) in [6.07, 6.45) is 0.626. The molecule has 0 radical (unpaired) electrons. The van der Waals surface area contributed by atoms with Gasteiger partial charge in [0, 0.05) is 6.61 Å². The third-order valence-corrected chi connectivity index (χ3v) is 2.52. The van der Waals surface area contributed by atoms with Gasteiger partial charge in [0.1, 0.15) is 5.75 Å². The SMILES string of the molecule is CCOC(=O)C(CC)Oc1ccc(CCO)cc1. The lowest BCUT2D eigenvalue weighted by Crippen LogP contribution is -2.28. The van der Waals surface area contributed by atoms with E-state index in [4.69, 9.17) is 14.6 Å². The molecule has 0 saturated heterocycles. The molecule has 1 aromatic rings. The standard InChI is InChI=1S/C14H20O4/c1-3-13(14(16)17-4-2)18-12-7-5-11(6-8-12)9-10-15/h5-8,13,15H,3-4,9-10H2,1-2H3. The minimum atomic E-state index is -0.561. The second-order valence-electron chi connectivity index (χ2n) is 3.88. The fraction of sp³-hybridized carbons (Fsp3) is 0.500. The fourth-order valence-corrected chi connectivity index (χ4v) is 1.56. The number of rotatable bonds is 7.